The minimum Gasteiger partial charge on any atom is -0.383 e. The lowest BCUT2D eigenvalue weighted by Gasteiger charge is -2.15. The molecule has 0 radical (unpaired) electrons. The van der Waals surface area contributed by atoms with E-state index in [9.17, 15) is 9.59 Å². The number of carbonyl (C=O) groups is 2. The zero-order valence-corrected chi connectivity index (χ0v) is 21.6. The zero-order chi connectivity index (χ0) is 26.5. The second kappa shape index (κ2) is 11.4. The van der Waals surface area contributed by atoms with Gasteiger partial charge in [0, 0.05) is 55.0 Å². The Balaban J connectivity index is 1.28. The highest BCUT2D eigenvalue weighted by Gasteiger charge is 2.20. The molecule has 38 heavy (non-hydrogen) atoms. The predicted molar refractivity (Wildman–Crippen MR) is 147 cm³/mol. The van der Waals surface area contributed by atoms with Gasteiger partial charge >= 0.3 is 0 Å². The highest BCUT2D eigenvalue weighted by Crippen LogP contribution is 2.27. The summed E-state index contributed by atoms with van der Waals surface area (Å²) in [4.78, 5) is 31.3. The molecule has 5 rings (SSSR count). The molecule has 0 saturated heterocycles. The van der Waals surface area contributed by atoms with Crippen molar-refractivity contribution in [3.63, 3.8) is 0 Å². The molecular formula is C30H31N5O3. The number of nitrogens with one attached hydrogen (secondary N) is 2. The van der Waals surface area contributed by atoms with Crippen molar-refractivity contribution in [1.82, 2.24) is 25.0 Å². The van der Waals surface area contributed by atoms with Crippen molar-refractivity contribution >= 4 is 28.2 Å². The van der Waals surface area contributed by atoms with E-state index in [1.54, 1.807) is 36.3 Å². The number of ketones is 1. The Hall–Kier alpha value is -4.27. The number of Topliss-reactive ketones (excluding diaryl/α,β-unsaturated/α-hetero) is 1. The number of benzene rings is 2. The van der Waals surface area contributed by atoms with Crippen LogP contribution in [0.5, 0.6) is 0 Å². The molecule has 0 unspecified atom stereocenters. The largest absolute Gasteiger partial charge is 0.383 e. The van der Waals surface area contributed by atoms with Crippen LogP contribution in [0.25, 0.3) is 16.5 Å². The van der Waals surface area contributed by atoms with Gasteiger partial charge in [-0.1, -0.05) is 42.5 Å². The summed E-state index contributed by atoms with van der Waals surface area (Å²) in [6.07, 6.45) is 6.99. The zero-order valence-electron chi connectivity index (χ0n) is 21.6. The van der Waals surface area contributed by atoms with E-state index >= 15 is 0 Å². The molecule has 4 aromatic rings. The van der Waals surface area contributed by atoms with Crippen molar-refractivity contribution in [3.8, 4) is 0 Å². The highest BCUT2D eigenvalue weighted by atomic mass is 16.5. The van der Waals surface area contributed by atoms with Crippen LogP contribution in [0, 0.1) is 0 Å². The maximum Gasteiger partial charge on any atom is 0.258 e. The Bertz CT molecular complexity index is 1510. The molecular weight excluding hydrogens is 478 g/mol. The molecule has 1 aliphatic rings. The lowest BCUT2D eigenvalue weighted by Crippen LogP contribution is -2.23. The number of amides is 1. The topological polar surface area (TPSA) is 92.2 Å². The van der Waals surface area contributed by atoms with E-state index in [0.29, 0.717) is 30.0 Å². The third-order valence-corrected chi connectivity index (χ3v) is 6.55. The highest BCUT2D eigenvalue weighted by molar-refractivity contribution is 6.23. The molecule has 0 aliphatic heterocycles. The van der Waals surface area contributed by atoms with Crippen LogP contribution < -0.4 is 5.32 Å². The van der Waals surface area contributed by atoms with Gasteiger partial charge in [0.1, 0.15) is 0 Å². The van der Waals surface area contributed by atoms with Gasteiger partial charge in [-0.05, 0) is 42.4 Å². The van der Waals surface area contributed by atoms with Gasteiger partial charge in [0.2, 0.25) is 0 Å². The molecule has 2 heterocycles. The standard InChI is InChI=1S/C30H31N5O3/c1-34(12-13-38-2)18-22-8-10-27-23(14-22)15-28(33-27)26-16-25(9-11-29(26)36)32-30(37)24-17-31-35(20-24)19-21-6-4-3-5-7-21/h3-10,14-17,20,33H,11-13,18-19H2,1-2H3,(H,32,37). The maximum atomic E-state index is 12.9. The Morgan fingerprint density at radius 2 is 2.00 bits per heavy atom. The van der Waals surface area contributed by atoms with Crippen LogP contribution in [-0.2, 0) is 22.6 Å². The van der Waals surface area contributed by atoms with Gasteiger partial charge in [-0.3, -0.25) is 19.2 Å². The van der Waals surface area contributed by atoms with E-state index in [2.05, 4.69) is 39.5 Å². The summed E-state index contributed by atoms with van der Waals surface area (Å²) in [6, 6.07) is 18.2. The molecule has 2 aromatic carbocycles. The SMILES string of the molecule is COCCN(C)Cc1ccc2[nH]c(C3=CC(NC(=O)c4cnn(Cc5ccccc5)c4)=CCC3=O)cc2c1. The number of hydrogen-bond donors (Lipinski definition) is 2. The van der Waals surface area contributed by atoms with Crippen LogP contribution in [0.15, 0.2) is 84.8 Å². The smallest absolute Gasteiger partial charge is 0.258 e. The van der Waals surface area contributed by atoms with E-state index in [1.165, 1.54) is 5.56 Å². The predicted octanol–water partition coefficient (Wildman–Crippen LogP) is 4.16. The summed E-state index contributed by atoms with van der Waals surface area (Å²) >= 11 is 0. The number of aromatic nitrogens is 3. The number of ether oxygens (including phenoxy) is 1. The van der Waals surface area contributed by atoms with Gasteiger partial charge in [0.05, 0.1) is 30.6 Å². The van der Waals surface area contributed by atoms with Crippen LogP contribution in [0.3, 0.4) is 0 Å². The first-order valence-electron chi connectivity index (χ1n) is 12.6. The summed E-state index contributed by atoms with van der Waals surface area (Å²) in [5.74, 6) is -0.260. The van der Waals surface area contributed by atoms with Crippen molar-refractivity contribution in [2.24, 2.45) is 0 Å². The average molecular weight is 510 g/mol. The number of nitrogens with zero attached hydrogens (tertiary/aromatic N) is 3. The summed E-state index contributed by atoms with van der Waals surface area (Å²) in [7, 11) is 3.77. The number of hydrogen-bond acceptors (Lipinski definition) is 5. The molecule has 2 N–H and O–H groups in total. The number of carbonyl (C=O) groups excluding carboxylic acids is 2. The molecule has 0 spiro atoms. The minimum atomic E-state index is -0.264. The first-order chi connectivity index (χ1) is 18.5. The molecule has 8 nitrogen and oxygen atoms in total. The van der Waals surface area contributed by atoms with Gasteiger partial charge in [-0.15, -0.1) is 0 Å². The van der Waals surface area contributed by atoms with Crippen molar-refractivity contribution in [3.05, 3.63) is 107 Å². The molecule has 0 fully saturated rings. The van der Waals surface area contributed by atoms with Crippen LogP contribution in [0.4, 0.5) is 0 Å². The quantitative estimate of drug-likeness (QED) is 0.335. The van der Waals surface area contributed by atoms with Crippen molar-refractivity contribution < 1.29 is 14.3 Å². The molecule has 194 valence electrons. The first-order valence-corrected chi connectivity index (χ1v) is 12.6. The number of methoxy groups -OCH3 is 1. The van der Waals surface area contributed by atoms with E-state index in [-0.39, 0.29) is 18.1 Å². The van der Waals surface area contributed by atoms with Crippen molar-refractivity contribution in [1.29, 1.82) is 0 Å². The fraction of sp³-hybridized carbons (Fsp3) is 0.233. The van der Waals surface area contributed by atoms with Gasteiger partial charge < -0.3 is 15.0 Å². The fourth-order valence-electron chi connectivity index (χ4n) is 4.53. The summed E-state index contributed by atoms with van der Waals surface area (Å²) in [6.45, 7) is 2.93. The van der Waals surface area contributed by atoms with Gasteiger partial charge in [-0.25, -0.2) is 0 Å². The summed E-state index contributed by atoms with van der Waals surface area (Å²) in [5, 5.41) is 8.28. The number of aromatic amines is 1. The van der Waals surface area contributed by atoms with E-state index in [4.69, 9.17) is 4.74 Å². The average Bonchev–Trinajstić information content (AvgIpc) is 3.56. The van der Waals surface area contributed by atoms with E-state index in [0.717, 1.165) is 35.2 Å². The van der Waals surface area contributed by atoms with Crippen LogP contribution in [0.1, 0.15) is 33.6 Å². The lowest BCUT2D eigenvalue weighted by atomic mass is 9.98. The van der Waals surface area contributed by atoms with Crippen LogP contribution in [-0.4, -0.2) is 58.7 Å². The number of fused-ring (bicyclic) bond motifs is 1. The second-order valence-corrected chi connectivity index (χ2v) is 9.55. The molecule has 0 saturated carbocycles. The third kappa shape index (κ3) is 5.99. The molecule has 1 amide bonds. The first kappa shape index (κ1) is 25.4. The molecule has 8 heteroatoms. The number of rotatable bonds is 10. The molecule has 2 aromatic heterocycles. The van der Waals surface area contributed by atoms with E-state index in [1.807, 2.05) is 42.5 Å². The van der Waals surface area contributed by atoms with Crippen LogP contribution in [0.2, 0.25) is 0 Å². The second-order valence-electron chi connectivity index (χ2n) is 9.55. The van der Waals surface area contributed by atoms with Gasteiger partial charge in [-0.2, -0.15) is 5.10 Å². The number of likely N-dealkylation sites (N-methyl/N-ethyl adjacent to an activating group) is 1. The minimum absolute atomic E-state index is 0.00441. The molecule has 1 aliphatic carbocycles. The van der Waals surface area contributed by atoms with Crippen molar-refractivity contribution in [2.75, 3.05) is 27.3 Å². The van der Waals surface area contributed by atoms with Gasteiger partial charge in [0.15, 0.2) is 5.78 Å². The Kier molecular flexibility index (Phi) is 7.62. The molecule has 0 atom stereocenters. The summed E-state index contributed by atoms with van der Waals surface area (Å²) in [5.41, 5.74) is 5.60. The normalized spacial score (nSPS) is 13.6. The maximum absolute atomic E-state index is 12.9. The Labute approximate surface area is 221 Å². The molecule has 0 bridgehead atoms. The Morgan fingerprint density at radius 3 is 2.82 bits per heavy atom. The van der Waals surface area contributed by atoms with Crippen molar-refractivity contribution in [2.45, 2.75) is 19.5 Å². The monoisotopic (exact) mass is 509 g/mol. The lowest BCUT2D eigenvalue weighted by molar-refractivity contribution is -0.113. The van der Waals surface area contributed by atoms with E-state index < -0.39 is 0 Å². The summed E-state index contributed by atoms with van der Waals surface area (Å²) < 4.78 is 6.90. The fourth-order valence-corrected chi connectivity index (χ4v) is 4.53. The van der Waals surface area contributed by atoms with Gasteiger partial charge in [0.25, 0.3) is 5.91 Å². The number of allylic oxidation sites excluding steroid dienone is 3. The number of H-pyrrole nitrogens is 1. The van der Waals surface area contributed by atoms with Crippen LogP contribution >= 0.6 is 0 Å². The third-order valence-electron chi connectivity index (χ3n) is 6.55. The Morgan fingerprint density at radius 1 is 1.16 bits per heavy atom.